The van der Waals surface area contributed by atoms with Crippen LogP contribution in [0.1, 0.15) is 25.1 Å². The van der Waals surface area contributed by atoms with Gasteiger partial charge in [0.2, 0.25) is 0 Å². The Morgan fingerprint density at radius 1 is 1.38 bits per heavy atom. The number of benzene rings is 1. The van der Waals surface area contributed by atoms with Crippen molar-refractivity contribution in [3.8, 4) is 0 Å². The molecule has 0 amide bonds. The molecule has 0 bridgehead atoms. The molecule has 1 aliphatic rings. The Kier molecular flexibility index (Phi) is 2.17. The SMILES string of the molecule is CC1(C)COCc2[nH]c3ccc(Br)cc3c21. The Hall–Kier alpha value is -0.800. The number of hydrogen-bond donors (Lipinski definition) is 1. The van der Waals surface area contributed by atoms with E-state index in [0.29, 0.717) is 6.61 Å². The highest BCUT2D eigenvalue weighted by atomic mass is 79.9. The average molecular weight is 280 g/mol. The number of aromatic amines is 1. The monoisotopic (exact) mass is 279 g/mol. The van der Waals surface area contributed by atoms with Gasteiger partial charge in [-0.1, -0.05) is 29.8 Å². The van der Waals surface area contributed by atoms with Gasteiger partial charge in [-0.3, -0.25) is 0 Å². The third-order valence-corrected chi connectivity index (χ3v) is 3.72. The summed E-state index contributed by atoms with van der Waals surface area (Å²) in [7, 11) is 0. The first-order valence-electron chi connectivity index (χ1n) is 5.46. The molecule has 16 heavy (non-hydrogen) atoms. The smallest absolute Gasteiger partial charge is 0.0869 e. The lowest BCUT2D eigenvalue weighted by molar-refractivity contribution is 0.0630. The van der Waals surface area contributed by atoms with E-state index in [2.05, 4.69) is 53.0 Å². The number of hydrogen-bond acceptors (Lipinski definition) is 1. The van der Waals surface area contributed by atoms with Crippen LogP contribution in [-0.4, -0.2) is 11.6 Å². The molecule has 1 aliphatic heterocycles. The van der Waals surface area contributed by atoms with Gasteiger partial charge in [-0.2, -0.15) is 0 Å². The van der Waals surface area contributed by atoms with Gasteiger partial charge in [-0.05, 0) is 23.8 Å². The average Bonchev–Trinajstić information content (AvgIpc) is 2.56. The van der Waals surface area contributed by atoms with Crippen LogP contribution in [0.25, 0.3) is 10.9 Å². The molecule has 3 heteroatoms. The normalized spacial score (nSPS) is 18.7. The Morgan fingerprint density at radius 3 is 3.00 bits per heavy atom. The predicted octanol–water partition coefficient (Wildman–Crippen LogP) is 3.74. The highest BCUT2D eigenvalue weighted by Crippen LogP contribution is 2.38. The number of rotatable bonds is 0. The molecule has 0 spiro atoms. The maximum Gasteiger partial charge on any atom is 0.0869 e. The summed E-state index contributed by atoms with van der Waals surface area (Å²) in [5, 5.41) is 1.32. The van der Waals surface area contributed by atoms with E-state index in [1.165, 1.54) is 22.2 Å². The van der Waals surface area contributed by atoms with Crippen molar-refractivity contribution in [3.05, 3.63) is 33.9 Å². The number of aromatic nitrogens is 1. The fraction of sp³-hybridized carbons (Fsp3) is 0.385. The van der Waals surface area contributed by atoms with E-state index in [1.807, 2.05) is 0 Å². The molecular formula is C13H14BrNO. The largest absolute Gasteiger partial charge is 0.374 e. The quantitative estimate of drug-likeness (QED) is 0.781. The molecule has 0 aliphatic carbocycles. The molecule has 0 radical (unpaired) electrons. The van der Waals surface area contributed by atoms with Crippen LogP contribution in [0, 0.1) is 0 Å². The molecule has 2 aromatic rings. The van der Waals surface area contributed by atoms with Crippen molar-refractivity contribution in [1.82, 2.24) is 4.98 Å². The molecular weight excluding hydrogens is 266 g/mol. The van der Waals surface area contributed by atoms with E-state index in [0.717, 1.165) is 11.1 Å². The van der Waals surface area contributed by atoms with Gasteiger partial charge >= 0.3 is 0 Å². The minimum atomic E-state index is 0.0899. The number of ether oxygens (including phenoxy) is 1. The number of H-pyrrole nitrogens is 1. The Labute approximate surface area is 103 Å². The van der Waals surface area contributed by atoms with Gasteiger partial charge in [0.25, 0.3) is 0 Å². The van der Waals surface area contributed by atoms with Gasteiger partial charge < -0.3 is 9.72 Å². The highest BCUT2D eigenvalue weighted by molar-refractivity contribution is 9.10. The van der Waals surface area contributed by atoms with E-state index in [4.69, 9.17) is 4.74 Å². The fourth-order valence-electron chi connectivity index (χ4n) is 2.58. The third-order valence-electron chi connectivity index (χ3n) is 3.22. The maximum atomic E-state index is 5.63. The van der Waals surface area contributed by atoms with E-state index in [1.54, 1.807) is 0 Å². The first kappa shape index (κ1) is 10.4. The summed E-state index contributed by atoms with van der Waals surface area (Å²) in [6, 6.07) is 6.38. The minimum absolute atomic E-state index is 0.0899. The zero-order valence-corrected chi connectivity index (χ0v) is 11.0. The lowest BCUT2D eigenvalue weighted by Crippen LogP contribution is -2.29. The van der Waals surface area contributed by atoms with Gasteiger partial charge in [0.1, 0.15) is 0 Å². The van der Waals surface area contributed by atoms with Gasteiger partial charge in [0, 0.05) is 26.5 Å². The zero-order chi connectivity index (χ0) is 11.3. The fourth-order valence-corrected chi connectivity index (χ4v) is 2.94. The predicted molar refractivity (Wildman–Crippen MR) is 68.7 cm³/mol. The molecule has 3 rings (SSSR count). The molecule has 2 heterocycles. The molecule has 0 saturated heterocycles. The summed E-state index contributed by atoms with van der Waals surface area (Å²) in [4.78, 5) is 3.45. The molecule has 0 fully saturated rings. The van der Waals surface area contributed by atoms with Gasteiger partial charge in [0.15, 0.2) is 0 Å². The summed E-state index contributed by atoms with van der Waals surface area (Å²) in [6.45, 7) is 5.96. The van der Waals surface area contributed by atoms with Crippen LogP contribution < -0.4 is 0 Å². The molecule has 1 N–H and O–H groups in total. The van der Waals surface area contributed by atoms with Gasteiger partial charge in [-0.15, -0.1) is 0 Å². The minimum Gasteiger partial charge on any atom is -0.374 e. The van der Waals surface area contributed by atoms with Crippen LogP contribution in [-0.2, 0) is 16.8 Å². The van der Waals surface area contributed by atoms with Crippen molar-refractivity contribution in [2.45, 2.75) is 25.9 Å². The number of halogens is 1. The summed E-state index contributed by atoms with van der Waals surface area (Å²) in [6.07, 6.45) is 0. The summed E-state index contributed by atoms with van der Waals surface area (Å²) in [5.41, 5.74) is 3.93. The highest BCUT2D eigenvalue weighted by Gasteiger charge is 2.31. The molecule has 0 saturated carbocycles. The third kappa shape index (κ3) is 1.42. The Bertz CT molecular complexity index is 556. The van der Waals surface area contributed by atoms with Crippen LogP contribution in [0.15, 0.2) is 22.7 Å². The zero-order valence-electron chi connectivity index (χ0n) is 9.43. The number of nitrogens with one attached hydrogen (secondary N) is 1. The second-order valence-electron chi connectivity index (χ2n) is 5.05. The van der Waals surface area contributed by atoms with Crippen LogP contribution in [0.2, 0.25) is 0 Å². The van der Waals surface area contributed by atoms with E-state index < -0.39 is 0 Å². The lowest BCUT2D eigenvalue weighted by atomic mass is 9.82. The van der Waals surface area contributed by atoms with Crippen molar-refractivity contribution >= 4 is 26.8 Å². The van der Waals surface area contributed by atoms with E-state index in [-0.39, 0.29) is 5.41 Å². The van der Waals surface area contributed by atoms with Crippen molar-refractivity contribution in [2.24, 2.45) is 0 Å². The molecule has 0 atom stereocenters. The van der Waals surface area contributed by atoms with Crippen molar-refractivity contribution in [3.63, 3.8) is 0 Å². The van der Waals surface area contributed by atoms with Crippen LogP contribution in [0.5, 0.6) is 0 Å². The molecule has 84 valence electrons. The first-order valence-corrected chi connectivity index (χ1v) is 6.25. The Balaban J connectivity index is 2.37. The summed E-state index contributed by atoms with van der Waals surface area (Å²) in [5.74, 6) is 0. The second kappa shape index (κ2) is 3.34. The second-order valence-corrected chi connectivity index (χ2v) is 5.96. The standard InChI is InChI=1S/C13H14BrNO/c1-13(2)7-16-6-11-12(13)9-5-8(14)3-4-10(9)15-11/h3-5,15H,6-7H2,1-2H3. The van der Waals surface area contributed by atoms with Crippen molar-refractivity contribution in [1.29, 1.82) is 0 Å². The van der Waals surface area contributed by atoms with Gasteiger partial charge in [-0.25, -0.2) is 0 Å². The van der Waals surface area contributed by atoms with Crippen molar-refractivity contribution in [2.75, 3.05) is 6.61 Å². The molecule has 2 nitrogen and oxygen atoms in total. The van der Waals surface area contributed by atoms with Gasteiger partial charge in [0.05, 0.1) is 13.2 Å². The van der Waals surface area contributed by atoms with Crippen LogP contribution in [0.4, 0.5) is 0 Å². The first-order chi connectivity index (χ1) is 7.58. The molecule has 1 aromatic carbocycles. The summed E-state index contributed by atoms with van der Waals surface area (Å²) < 4.78 is 6.76. The van der Waals surface area contributed by atoms with Crippen LogP contribution in [0.3, 0.4) is 0 Å². The number of fused-ring (bicyclic) bond motifs is 3. The van der Waals surface area contributed by atoms with E-state index >= 15 is 0 Å². The molecule has 1 aromatic heterocycles. The summed E-state index contributed by atoms with van der Waals surface area (Å²) >= 11 is 3.54. The van der Waals surface area contributed by atoms with Crippen molar-refractivity contribution < 1.29 is 4.74 Å². The van der Waals surface area contributed by atoms with E-state index in [9.17, 15) is 0 Å². The van der Waals surface area contributed by atoms with Crippen LogP contribution >= 0.6 is 15.9 Å². The molecule has 0 unspecified atom stereocenters. The maximum absolute atomic E-state index is 5.63. The lowest BCUT2D eigenvalue weighted by Gasteiger charge is -2.30. The Morgan fingerprint density at radius 2 is 2.19 bits per heavy atom. The topological polar surface area (TPSA) is 25.0 Å².